The van der Waals surface area contributed by atoms with E-state index in [-0.39, 0.29) is 17.9 Å². The van der Waals surface area contributed by atoms with E-state index in [0.717, 1.165) is 10.8 Å². The van der Waals surface area contributed by atoms with Gasteiger partial charge in [0.25, 0.3) is 5.78 Å². The maximum Gasteiger partial charge on any atom is 0.366 e. The minimum absolute atomic E-state index is 0.0769. The Morgan fingerprint density at radius 1 is 1.11 bits per heavy atom. The van der Waals surface area contributed by atoms with Crippen molar-refractivity contribution >= 4 is 28.1 Å². The second-order valence-corrected chi connectivity index (χ2v) is 4.28. The number of fused-ring (bicyclic) bond motifs is 1. The van der Waals surface area contributed by atoms with Gasteiger partial charge in [-0.05, 0) is 23.8 Å². The van der Waals surface area contributed by atoms with Crippen molar-refractivity contribution in [3.8, 4) is 0 Å². The van der Waals surface area contributed by atoms with Crippen LogP contribution in [0.5, 0.6) is 0 Å². The van der Waals surface area contributed by atoms with E-state index < -0.39 is 5.78 Å². The average molecular weight is 252 g/mol. The maximum absolute atomic E-state index is 11.9. The van der Waals surface area contributed by atoms with Crippen molar-refractivity contribution < 1.29 is 14.4 Å². The average Bonchev–Trinajstić information content (AvgIpc) is 2.39. The zero-order chi connectivity index (χ0) is 13.8. The van der Waals surface area contributed by atoms with Crippen LogP contribution in [0.15, 0.2) is 42.5 Å². The van der Waals surface area contributed by atoms with Gasteiger partial charge in [-0.1, -0.05) is 36.4 Å². The Bertz CT molecular complexity index is 708. The van der Waals surface area contributed by atoms with Crippen LogP contribution < -0.4 is 0 Å². The summed E-state index contributed by atoms with van der Waals surface area (Å²) in [5.41, 5.74) is 9.54. The number of hydrogen-bond acceptors (Lipinski definition) is 2. The van der Waals surface area contributed by atoms with Crippen LogP contribution in [0.25, 0.3) is 16.3 Å². The third-order valence-electron chi connectivity index (χ3n) is 2.82. The molecule has 0 aliphatic carbocycles. The molecule has 4 nitrogen and oxygen atoms in total. The minimum Gasteiger partial charge on any atom is -0.361 e. The summed E-state index contributed by atoms with van der Waals surface area (Å²) in [5, 5.41) is 1.76. The van der Waals surface area contributed by atoms with Gasteiger partial charge >= 0.3 is 5.71 Å². The number of carbonyl (C=O) groups is 2. The molecule has 0 aromatic heterocycles. The van der Waals surface area contributed by atoms with Gasteiger partial charge in [0.2, 0.25) is 0 Å². The van der Waals surface area contributed by atoms with Crippen LogP contribution in [-0.2, 0) is 9.59 Å². The van der Waals surface area contributed by atoms with E-state index in [1.807, 2.05) is 30.3 Å². The van der Waals surface area contributed by atoms with Crippen molar-refractivity contribution in [2.24, 2.45) is 0 Å². The molecule has 0 unspecified atom stereocenters. The fourth-order valence-corrected chi connectivity index (χ4v) is 2.00. The number of Topliss-reactive ketones (excluding diaryl/α,β-unsaturated/α-hetero) is 2. The summed E-state index contributed by atoms with van der Waals surface area (Å²) >= 11 is 0. The molecule has 0 heterocycles. The SMILES string of the molecule is CC(=O)CC(=O)C(=[N+]=[N-])c1cccc2ccccc12. The predicted molar refractivity (Wildman–Crippen MR) is 72.0 cm³/mol. The summed E-state index contributed by atoms with van der Waals surface area (Å²) in [6, 6.07) is 12.9. The highest BCUT2D eigenvalue weighted by atomic mass is 16.1. The molecule has 0 atom stereocenters. The molecule has 2 aromatic carbocycles. The fraction of sp³-hybridized carbons (Fsp3) is 0.133. The lowest BCUT2D eigenvalue weighted by atomic mass is 9.97. The van der Waals surface area contributed by atoms with E-state index in [1.54, 1.807) is 12.1 Å². The van der Waals surface area contributed by atoms with Gasteiger partial charge in [0.05, 0.1) is 12.0 Å². The van der Waals surface area contributed by atoms with Gasteiger partial charge in [-0.2, -0.15) is 4.79 Å². The van der Waals surface area contributed by atoms with Crippen molar-refractivity contribution in [2.75, 3.05) is 0 Å². The number of benzene rings is 2. The van der Waals surface area contributed by atoms with Gasteiger partial charge in [0.1, 0.15) is 5.78 Å². The first-order valence-electron chi connectivity index (χ1n) is 5.86. The first kappa shape index (κ1) is 12.9. The molecule has 0 aliphatic heterocycles. The minimum atomic E-state index is -0.480. The van der Waals surface area contributed by atoms with Gasteiger partial charge in [0.15, 0.2) is 0 Å². The summed E-state index contributed by atoms with van der Waals surface area (Å²) in [5.74, 6) is -0.738. The molecule has 0 radical (unpaired) electrons. The van der Waals surface area contributed by atoms with Crippen LogP contribution >= 0.6 is 0 Å². The van der Waals surface area contributed by atoms with Gasteiger partial charge < -0.3 is 5.53 Å². The molecule has 0 bridgehead atoms. The van der Waals surface area contributed by atoms with Crippen LogP contribution in [-0.4, -0.2) is 22.1 Å². The predicted octanol–water partition coefficient (Wildman–Crippen LogP) is 2.41. The van der Waals surface area contributed by atoms with Crippen LogP contribution in [0.2, 0.25) is 0 Å². The molecule has 2 aromatic rings. The van der Waals surface area contributed by atoms with Crippen LogP contribution in [0, 0.1) is 0 Å². The van der Waals surface area contributed by atoms with Crippen molar-refractivity contribution in [3.63, 3.8) is 0 Å². The van der Waals surface area contributed by atoms with E-state index >= 15 is 0 Å². The Labute approximate surface area is 110 Å². The number of rotatable bonds is 4. The van der Waals surface area contributed by atoms with Crippen LogP contribution in [0.4, 0.5) is 0 Å². The molecule has 0 N–H and O–H groups in total. The second-order valence-electron chi connectivity index (χ2n) is 4.28. The number of carbonyl (C=O) groups excluding carboxylic acids is 2. The summed E-state index contributed by atoms with van der Waals surface area (Å²) in [6.45, 7) is 1.33. The Morgan fingerprint density at radius 2 is 1.79 bits per heavy atom. The van der Waals surface area contributed by atoms with Gasteiger partial charge in [-0.15, -0.1) is 0 Å². The van der Waals surface area contributed by atoms with E-state index in [1.165, 1.54) is 6.92 Å². The molecule has 2 rings (SSSR count). The largest absolute Gasteiger partial charge is 0.366 e. The third kappa shape index (κ3) is 2.64. The van der Waals surface area contributed by atoms with E-state index in [0.29, 0.717) is 5.56 Å². The highest BCUT2D eigenvalue weighted by molar-refractivity contribution is 6.47. The van der Waals surface area contributed by atoms with Crippen LogP contribution in [0.1, 0.15) is 18.9 Å². The standard InChI is InChI=1S/C15H12N2O2/c1-10(18)9-14(19)15(17-16)13-8-4-6-11-5-2-3-7-12(11)13/h2-8H,9H2,1H3. The molecule has 0 fully saturated rings. The fourth-order valence-electron chi connectivity index (χ4n) is 2.00. The van der Waals surface area contributed by atoms with Gasteiger partial charge in [0, 0.05) is 0 Å². The molecule has 94 valence electrons. The Kier molecular flexibility index (Phi) is 3.64. The molecule has 4 heteroatoms. The zero-order valence-corrected chi connectivity index (χ0v) is 10.5. The topological polar surface area (TPSA) is 70.5 Å². The quantitative estimate of drug-likeness (QED) is 0.363. The molecule has 0 amide bonds. The molecule has 0 aliphatic rings. The lowest BCUT2D eigenvalue weighted by Crippen LogP contribution is -2.19. The van der Waals surface area contributed by atoms with Crippen molar-refractivity contribution in [1.82, 2.24) is 0 Å². The van der Waals surface area contributed by atoms with Crippen molar-refractivity contribution in [3.05, 3.63) is 53.6 Å². The lowest BCUT2D eigenvalue weighted by molar-refractivity contribution is -0.124. The second kappa shape index (κ2) is 5.38. The summed E-state index contributed by atoms with van der Waals surface area (Å²) in [7, 11) is 0. The summed E-state index contributed by atoms with van der Waals surface area (Å²) in [6.07, 6.45) is -0.261. The molecule has 0 saturated carbocycles. The van der Waals surface area contributed by atoms with E-state index in [2.05, 4.69) is 4.79 Å². The summed E-state index contributed by atoms with van der Waals surface area (Å²) < 4.78 is 0. The molecule has 0 saturated heterocycles. The van der Waals surface area contributed by atoms with E-state index in [9.17, 15) is 9.59 Å². The highest BCUT2D eigenvalue weighted by Crippen LogP contribution is 2.19. The Morgan fingerprint density at radius 3 is 2.47 bits per heavy atom. The molecular formula is C15H12N2O2. The number of ketones is 2. The third-order valence-corrected chi connectivity index (χ3v) is 2.82. The van der Waals surface area contributed by atoms with Gasteiger partial charge in [-0.25, -0.2) is 0 Å². The van der Waals surface area contributed by atoms with E-state index in [4.69, 9.17) is 5.53 Å². The smallest absolute Gasteiger partial charge is 0.361 e. The van der Waals surface area contributed by atoms with Crippen molar-refractivity contribution in [2.45, 2.75) is 13.3 Å². The number of hydrogen-bond donors (Lipinski definition) is 0. The first-order chi connectivity index (χ1) is 9.13. The van der Waals surface area contributed by atoms with Crippen molar-refractivity contribution in [1.29, 1.82) is 0 Å². The number of nitrogens with zero attached hydrogens (tertiary/aromatic N) is 2. The summed E-state index contributed by atoms with van der Waals surface area (Å²) in [4.78, 5) is 26.0. The Hall–Kier alpha value is -2.58. The Balaban J connectivity index is 2.57. The first-order valence-corrected chi connectivity index (χ1v) is 5.86. The monoisotopic (exact) mass is 252 g/mol. The maximum atomic E-state index is 11.9. The molecule has 19 heavy (non-hydrogen) atoms. The zero-order valence-electron chi connectivity index (χ0n) is 10.5. The molecule has 0 spiro atoms. The lowest BCUT2D eigenvalue weighted by Gasteiger charge is -2.01. The highest BCUT2D eigenvalue weighted by Gasteiger charge is 2.25. The van der Waals surface area contributed by atoms with Gasteiger partial charge in [-0.3, -0.25) is 9.59 Å². The van der Waals surface area contributed by atoms with Crippen LogP contribution in [0.3, 0.4) is 0 Å². The molecular weight excluding hydrogens is 240 g/mol. The normalized spacial score (nSPS) is 9.95.